The average Bonchev–Trinajstić information content (AvgIpc) is 1.54. The molecule has 8 aliphatic rings. The Balaban J connectivity index is 0.000000139. The van der Waals surface area contributed by atoms with E-state index in [2.05, 4.69) is 416 Å². The van der Waals surface area contributed by atoms with Crippen LogP contribution in [0.25, 0.3) is 22.3 Å². The van der Waals surface area contributed by atoms with Gasteiger partial charge in [-0.25, -0.2) is 0 Å². The summed E-state index contributed by atoms with van der Waals surface area (Å²) in [6.07, 6.45) is 11.3. The van der Waals surface area contributed by atoms with Gasteiger partial charge in [0.2, 0.25) is 0 Å². The largest absolute Gasteiger partial charge is 0.486 e. The van der Waals surface area contributed by atoms with E-state index in [1.54, 1.807) is 0 Å². The summed E-state index contributed by atoms with van der Waals surface area (Å²) in [4.78, 5) is 7.35. The second-order valence-electron chi connectivity index (χ2n) is 41.1. The summed E-state index contributed by atoms with van der Waals surface area (Å²) in [6.45, 7) is 41.1. The fourth-order valence-electron chi connectivity index (χ4n) is 21.2. The number of nitrogens with zero attached hydrogens (tertiary/aromatic N) is 3. The second kappa shape index (κ2) is 31.2. The van der Waals surface area contributed by atoms with Gasteiger partial charge < -0.3 is 29.5 Å². The number of fused-ring (bicyclic) bond motifs is 16. The molecule has 4 heterocycles. The van der Waals surface area contributed by atoms with Crippen LogP contribution in [0.4, 0.5) is 51.2 Å². The summed E-state index contributed by atoms with van der Waals surface area (Å²) in [7, 11) is 0. The van der Waals surface area contributed by atoms with Gasteiger partial charge in [0.05, 0.1) is 9.49 Å². The Morgan fingerprint density at radius 1 is 0.325 bits per heavy atom. The highest BCUT2D eigenvalue weighted by Crippen LogP contribution is 2.65. The van der Waals surface area contributed by atoms with Crippen molar-refractivity contribution >= 4 is 86.3 Å². The lowest BCUT2D eigenvalue weighted by Gasteiger charge is -2.43. The average molecular weight is 1680 g/mol. The van der Waals surface area contributed by atoms with Gasteiger partial charge >= 0.3 is 0 Å². The molecule has 0 amide bonds. The minimum atomic E-state index is -0.185. The van der Waals surface area contributed by atoms with Crippen LogP contribution >= 0.6 is 35.1 Å². The van der Waals surface area contributed by atoms with E-state index in [1.165, 1.54) is 126 Å². The first kappa shape index (κ1) is 83.8. The van der Waals surface area contributed by atoms with Gasteiger partial charge in [0, 0.05) is 102 Å². The van der Waals surface area contributed by atoms with Crippen molar-refractivity contribution in [2.24, 2.45) is 0 Å². The molecular formula is C114H121ClN4O2S2. The zero-order valence-electron chi connectivity index (χ0n) is 75.5. The number of aryl methyl sites for hydroxylation is 2. The monoisotopic (exact) mass is 1680 g/mol. The second-order valence-corrected chi connectivity index (χ2v) is 43.9. The molecule has 0 aromatic heterocycles. The molecule has 4 atom stereocenters. The van der Waals surface area contributed by atoms with Crippen molar-refractivity contribution in [1.82, 2.24) is 0 Å². The Labute approximate surface area is 747 Å². The molecule has 2 spiro atoms. The summed E-state index contributed by atoms with van der Waals surface area (Å²) in [6, 6.07) is 99.4. The maximum absolute atomic E-state index is 6.86. The van der Waals surface area contributed by atoms with Gasteiger partial charge in [-0.1, -0.05) is 267 Å². The zero-order chi connectivity index (χ0) is 86.2. The SMILES string of the molecule is CC(C)(C)c1ccc(NC2=CSC3(C2)c2ccccc2-c2ccccc23)cc1.Cc1cc(Cl)cc(N(c2ccc(C(C)(C)C)cc2)c2ccc3c(c2)C2(C)CCCCC2(C)O3)c1.Cc1cc(N(C2=CSC3(C2)c2ccccc2-c2ccccc23)c2ccc(C(C)(C)C)cc2)cc(N(c2ccc(C(C)(C)C)cc2)c2ccc3c(c2)C2(C)CCCCC2(C)O3)c1. The number of anilines is 9. The van der Waals surface area contributed by atoms with Crippen LogP contribution in [0.1, 0.15) is 242 Å². The van der Waals surface area contributed by atoms with Gasteiger partial charge in [0.15, 0.2) is 0 Å². The minimum Gasteiger partial charge on any atom is -0.486 e. The number of halogens is 1. The van der Waals surface area contributed by atoms with Crippen molar-refractivity contribution < 1.29 is 9.47 Å². The number of nitrogens with one attached hydrogen (secondary N) is 1. The van der Waals surface area contributed by atoms with E-state index in [9.17, 15) is 0 Å². The quantitative estimate of drug-likeness (QED) is 0.137. The number of hydrogen-bond acceptors (Lipinski definition) is 8. The first-order valence-corrected chi connectivity index (χ1v) is 47.0. The van der Waals surface area contributed by atoms with E-state index >= 15 is 0 Å². The lowest BCUT2D eigenvalue weighted by molar-refractivity contribution is 0.00727. The fourth-order valence-corrected chi connectivity index (χ4v) is 24.2. The van der Waals surface area contributed by atoms with Gasteiger partial charge in [0.1, 0.15) is 22.7 Å². The normalized spacial score (nSPS) is 20.7. The van der Waals surface area contributed by atoms with Crippen LogP contribution in [-0.4, -0.2) is 11.2 Å². The number of ether oxygens (including phenoxy) is 2. The molecular weight excluding hydrogens is 1560 g/mol. The van der Waals surface area contributed by atoms with Gasteiger partial charge in [0.25, 0.3) is 0 Å². The van der Waals surface area contributed by atoms with Crippen LogP contribution < -0.4 is 29.5 Å². The predicted octanol–water partition coefficient (Wildman–Crippen LogP) is 32.8. The van der Waals surface area contributed by atoms with Crippen LogP contribution in [-0.2, 0) is 42.0 Å². The molecule has 0 saturated heterocycles. The third-order valence-electron chi connectivity index (χ3n) is 28.7. The van der Waals surface area contributed by atoms with Gasteiger partial charge in [-0.15, -0.1) is 23.5 Å². The van der Waals surface area contributed by atoms with E-state index in [0.717, 1.165) is 106 Å². The van der Waals surface area contributed by atoms with Crippen molar-refractivity contribution in [2.75, 3.05) is 20.0 Å². The Hall–Kier alpha value is -10.1. The van der Waals surface area contributed by atoms with Crippen molar-refractivity contribution in [1.29, 1.82) is 0 Å². The third-order valence-corrected chi connectivity index (χ3v) is 31.6. The highest BCUT2D eigenvalue weighted by molar-refractivity contribution is 8.03. The standard InChI is InChI=1S/C57H60N2OS.C31H36ClNO.C26H25NS/c1-38-32-44(58(41-24-20-39(21-25-41)53(2,3)4)43-28-29-52-51(35-43)55(8)30-14-15-31-56(55,9)60-52)34-45(33-38)59(42-26-22-40(23-27-42)54(5,6)7)46-36-57(61-37-46)49-18-12-10-16-47(49)48-17-11-13-19-50(48)57;1-21-17-23(32)19-26(18-21)33(24-11-9-22(10-12-24)29(2,3)4)25-13-14-28-27(20-25)30(5)15-7-8-16-31(30,6)34-28;1-25(2,3)18-12-14-19(15-13-18)27-20-16-26(28-17-20)23-10-6-4-8-21(23)22-9-5-7-11-24(22)26/h10-13,16-29,32-35,37H,14-15,30-31,36H2,1-9H3;9-14,17-20H,7-8,15-16H2,1-6H3;4-15,17,27H,16H2,1-3H3. The van der Waals surface area contributed by atoms with E-state index in [0.29, 0.717) is 0 Å². The van der Waals surface area contributed by atoms with Crippen molar-refractivity contribution in [3.05, 3.63) is 361 Å². The maximum Gasteiger partial charge on any atom is 0.124 e. The number of hydrogen-bond donors (Lipinski definition) is 1. The van der Waals surface area contributed by atoms with Crippen LogP contribution in [0.15, 0.2) is 289 Å². The summed E-state index contributed by atoms with van der Waals surface area (Å²) in [5.74, 6) is 2.09. The molecule has 628 valence electrons. The molecule has 4 aliphatic carbocycles. The molecule has 123 heavy (non-hydrogen) atoms. The lowest BCUT2D eigenvalue weighted by atomic mass is 9.63. The number of rotatable bonds is 11. The summed E-state index contributed by atoms with van der Waals surface area (Å²) in [5, 5.41) is 9.19. The van der Waals surface area contributed by atoms with E-state index in [1.807, 2.05) is 29.6 Å². The predicted molar refractivity (Wildman–Crippen MR) is 526 cm³/mol. The van der Waals surface area contributed by atoms with Crippen molar-refractivity contribution in [3.8, 4) is 33.8 Å². The molecule has 20 rings (SSSR count). The Morgan fingerprint density at radius 3 is 1.06 bits per heavy atom. The van der Waals surface area contributed by atoms with Crippen LogP contribution in [0, 0.1) is 13.8 Å². The molecule has 0 radical (unpaired) electrons. The smallest absolute Gasteiger partial charge is 0.124 e. The zero-order valence-corrected chi connectivity index (χ0v) is 77.9. The first-order valence-electron chi connectivity index (χ1n) is 44.8. The molecule has 6 nitrogen and oxygen atoms in total. The molecule has 9 heteroatoms. The minimum absolute atomic E-state index is 0.000863. The molecule has 0 bridgehead atoms. The van der Waals surface area contributed by atoms with E-state index in [-0.39, 0.29) is 53.2 Å². The molecule has 1 N–H and O–H groups in total. The number of thioether (sulfide) groups is 2. The summed E-state index contributed by atoms with van der Waals surface area (Å²) in [5.41, 5.74) is 34.6. The Morgan fingerprint density at radius 2 is 0.659 bits per heavy atom. The molecule has 2 fully saturated rings. The summed E-state index contributed by atoms with van der Waals surface area (Å²) >= 11 is 10.5. The Bertz CT molecular complexity index is 6000. The van der Waals surface area contributed by atoms with Crippen LogP contribution in [0.2, 0.25) is 5.02 Å². The lowest BCUT2D eigenvalue weighted by Crippen LogP contribution is -2.49. The van der Waals surface area contributed by atoms with Crippen molar-refractivity contribution in [2.45, 2.75) is 242 Å². The first-order chi connectivity index (χ1) is 58.5. The molecule has 12 aromatic carbocycles. The van der Waals surface area contributed by atoms with Gasteiger partial charge in [-0.3, -0.25) is 0 Å². The number of benzene rings is 12. The van der Waals surface area contributed by atoms with E-state index in [4.69, 9.17) is 21.1 Å². The third kappa shape index (κ3) is 15.0. The molecule has 4 unspecified atom stereocenters. The van der Waals surface area contributed by atoms with Crippen LogP contribution in [0.3, 0.4) is 0 Å². The van der Waals surface area contributed by atoms with Gasteiger partial charge in [-0.05, 0) is 298 Å². The number of allylic oxidation sites excluding steroid dienone is 2. The highest BCUT2D eigenvalue weighted by atomic mass is 35.5. The summed E-state index contributed by atoms with van der Waals surface area (Å²) < 4.78 is 13.3. The van der Waals surface area contributed by atoms with Gasteiger partial charge in [-0.2, -0.15) is 0 Å². The maximum atomic E-state index is 6.86. The molecule has 12 aromatic rings. The highest BCUT2D eigenvalue weighted by Gasteiger charge is 2.57. The van der Waals surface area contributed by atoms with Crippen LogP contribution in [0.5, 0.6) is 11.5 Å². The fraction of sp³-hybridized carbons (Fsp3) is 0.333. The molecule has 2 saturated carbocycles. The topological polar surface area (TPSA) is 40.2 Å². The Kier molecular flexibility index (Phi) is 21.3. The molecule has 4 aliphatic heterocycles. The van der Waals surface area contributed by atoms with E-state index < -0.39 is 0 Å². The van der Waals surface area contributed by atoms with Crippen molar-refractivity contribution in [3.63, 3.8) is 0 Å².